The third kappa shape index (κ3) is 2.48. The molecule has 1 aliphatic carbocycles. The summed E-state index contributed by atoms with van der Waals surface area (Å²) in [5, 5.41) is 5.57. The topological polar surface area (TPSA) is 45.1 Å². The van der Waals surface area contributed by atoms with E-state index < -0.39 is 0 Å². The molecule has 0 spiro atoms. The van der Waals surface area contributed by atoms with Gasteiger partial charge in [-0.25, -0.2) is 5.43 Å². The molecular formula is C22H25N5S. The molecule has 6 heteroatoms. The number of rotatable bonds is 2. The van der Waals surface area contributed by atoms with Crippen molar-refractivity contribution in [2.75, 3.05) is 20.1 Å². The lowest BCUT2D eigenvalue weighted by Crippen LogP contribution is -2.28. The van der Waals surface area contributed by atoms with Crippen molar-refractivity contribution in [1.29, 1.82) is 0 Å². The van der Waals surface area contributed by atoms with E-state index >= 15 is 0 Å². The molecule has 1 unspecified atom stereocenters. The number of aryl methyl sites for hydroxylation is 1. The molecule has 2 N–H and O–H groups in total. The van der Waals surface area contributed by atoms with Crippen molar-refractivity contribution in [2.24, 2.45) is 7.05 Å². The molecule has 1 fully saturated rings. The monoisotopic (exact) mass is 391 g/mol. The van der Waals surface area contributed by atoms with Crippen LogP contribution in [0, 0.1) is 0 Å². The van der Waals surface area contributed by atoms with E-state index in [2.05, 4.69) is 52.2 Å². The lowest BCUT2D eigenvalue weighted by Gasteiger charge is -2.28. The van der Waals surface area contributed by atoms with Gasteiger partial charge in [0.25, 0.3) is 0 Å². The van der Waals surface area contributed by atoms with E-state index in [1.165, 1.54) is 59.2 Å². The molecule has 1 atom stereocenters. The zero-order valence-electron chi connectivity index (χ0n) is 16.3. The number of piperidine rings is 1. The second kappa shape index (κ2) is 6.17. The Labute approximate surface area is 169 Å². The molecule has 0 saturated carbocycles. The Kier molecular flexibility index (Phi) is 3.70. The third-order valence-corrected chi connectivity index (χ3v) is 7.98. The lowest BCUT2D eigenvalue weighted by molar-refractivity contribution is 0.257. The summed E-state index contributed by atoms with van der Waals surface area (Å²) >= 11 is 2.05. The van der Waals surface area contributed by atoms with Crippen LogP contribution in [0.15, 0.2) is 36.0 Å². The van der Waals surface area contributed by atoms with E-state index in [0.29, 0.717) is 0 Å². The van der Waals surface area contributed by atoms with Crippen LogP contribution in [-0.4, -0.2) is 34.8 Å². The second-order valence-corrected chi connectivity index (χ2v) is 9.60. The number of aromatic nitrogens is 2. The highest BCUT2D eigenvalue weighted by molar-refractivity contribution is 7.12. The summed E-state index contributed by atoms with van der Waals surface area (Å²) in [7, 11) is 4.24. The Bertz CT molecular complexity index is 1100. The van der Waals surface area contributed by atoms with E-state index in [4.69, 9.17) is 0 Å². The first-order valence-corrected chi connectivity index (χ1v) is 11.0. The highest BCUT2D eigenvalue weighted by Crippen LogP contribution is 2.46. The van der Waals surface area contributed by atoms with E-state index in [-0.39, 0.29) is 6.04 Å². The maximum absolute atomic E-state index is 4.38. The predicted octanol–water partition coefficient (Wildman–Crippen LogP) is 3.56. The normalized spacial score (nSPS) is 22.7. The minimum absolute atomic E-state index is 0.237. The fourth-order valence-electron chi connectivity index (χ4n) is 4.97. The third-order valence-electron chi connectivity index (χ3n) is 6.69. The molecule has 144 valence electrons. The number of hydrogen-bond acceptors (Lipinski definition) is 5. The smallest absolute Gasteiger partial charge is 0.0747 e. The number of hydrazine groups is 1. The molecule has 3 aromatic rings. The van der Waals surface area contributed by atoms with Gasteiger partial charge in [-0.1, -0.05) is 12.1 Å². The largest absolute Gasteiger partial charge is 0.320 e. The van der Waals surface area contributed by atoms with Crippen molar-refractivity contribution in [3.63, 3.8) is 0 Å². The Morgan fingerprint density at radius 3 is 2.86 bits per heavy atom. The van der Waals surface area contributed by atoms with Gasteiger partial charge in [-0.15, -0.1) is 11.3 Å². The summed E-state index contributed by atoms with van der Waals surface area (Å²) in [5.41, 5.74) is 13.8. The molecule has 2 aromatic heterocycles. The molecule has 2 aliphatic heterocycles. The van der Waals surface area contributed by atoms with Crippen molar-refractivity contribution in [3.05, 3.63) is 56.9 Å². The molecule has 3 aliphatic rings. The van der Waals surface area contributed by atoms with E-state index in [9.17, 15) is 0 Å². The molecule has 4 heterocycles. The predicted molar refractivity (Wildman–Crippen MR) is 114 cm³/mol. The highest BCUT2D eigenvalue weighted by atomic mass is 32.1. The van der Waals surface area contributed by atoms with Crippen LogP contribution in [0.25, 0.3) is 16.6 Å². The summed E-state index contributed by atoms with van der Waals surface area (Å²) in [6, 6.07) is 9.39. The summed E-state index contributed by atoms with van der Waals surface area (Å²) in [6.45, 7) is 2.44. The van der Waals surface area contributed by atoms with Gasteiger partial charge >= 0.3 is 0 Å². The standard InChI is InChI=1S/C22H25N5S/c1-26-7-5-13(6-8-26)19-10-16-20(28-19)11-17-21(24-25-22(16)17)14-3-4-15-12-23-27(2)18(15)9-14/h3-4,9-10,12-13,21,24-25H,5-8,11H2,1-2H3. The fraction of sp³-hybridized carbons (Fsp3) is 0.409. The minimum Gasteiger partial charge on any atom is -0.320 e. The van der Waals surface area contributed by atoms with Crippen molar-refractivity contribution in [1.82, 2.24) is 25.5 Å². The first-order chi connectivity index (χ1) is 13.7. The Morgan fingerprint density at radius 1 is 1.14 bits per heavy atom. The number of nitrogens with one attached hydrogen (secondary N) is 2. The number of thiophene rings is 1. The van der Waals surface area contributed by atoms with E-state index in [0.717, 1.165) is 12.3 Å². The van der Waals surface area contributed by atoms with Gasteiger partial charge in [-0.05, 0) is 62.2 Å². The molecule has 0 radical (unpaired) electrons. The van der Waals surface area contributed by atoms with E-state index in [1.54, 1.807) is 9.75 Å². The Balaban J connectivity index is 1.31. The highest BCUT2D eigenvalue weighted by Gasteiger charge is 2.35. The fourth-order valence-corrected chi connectivity index (χ4v) is 6.33. The zero-order valence-corrected chi connectivity index (χ0v) is 17.1. The van der Waals surface area contributed by atoms with Crippen LogP contribution in [0.1, 0.15) is 45.7 Å². The molecular weight excluding hydrogens is 366 g/mol. The van der Waals surface area contributed by atoms with Crippen LogP contribution >= 0.6 is 11.3 Å². The Hall–Kier alpha value is -2.15. The van der Waals surface area contributed by atoms with Gasteiger partial charge in [0.15, 0.2) is 0 Å². The van der Waals surface area contributed by atoms with Gasteiger partial charge in [-0.3, -0.25) is 4.68 Å². The molecule has 6 rings (SSSR count). The summed E-state index contributed by atoms with van der Waals surface area (Å²) in [5.74, 6) is 0.744. The molecule has 28 heavy (non-hydrogen) atoms. The molecule has 1 saturated heterocycles. The quantitative estimate of drug-likeness (QED) is 0.701. The van der Waals surface area contributed by atoms with Crippen LogP contribution in [0.5, 0.6) is 0 Å². The average Bonchev–Trinajstić information content (AvgIpc) is 3.44. The van der Waals surface area contributed by atoms with Crippen LogP contribution in [0.2, 0.25) is 0 Å². The van der Waals surface area contributed by atoms with Crippen LogP contribution in [0.4, 0.5) is 0 Å². The molecule has 0 amide bonds. The Morgan fingerprint density at radius 2 is 2.00 bits per heavy atom. The zero-order chi connectivity index (χ0) is 18.8. The maximum Gasteiger partial charge on any atom is 0.0747 e. The maximum atomic E-state index is 4.38. The summed E-state index contributed by atoms with van der Waals surface area (Å²) in [6.07, 6.45) is 5.58. The number of likely N-dealkylation sites (tertiary alicyclic amines) is 1. The number of benzene rings is 1. The van der Waals surface area contributed by atoms with Crippen molar-refractivity contribution in [3.8, 4) is 0 Å². The van der Waals surface area contributed by atoms with Gasteiger partial charge in [0.2, 0.25) is 0 Å². The van der Waals surface area contributed by atoms with Crippen LogP contribution < -0.4 is 10.9 Å². The minimum atomic E-state index is 0.237. The van der Waals surface area contributed by atoms with Gasteiger partial charge in [0.1, 0.15) is 0 Å². The summed E-state index contributed by atoms with van der Waals surface area (Å²) in [4.78, 5) is 5.58. The van der Waals surface area contributed by atoms with E-state index in [1.807, 2.05) is 29.3 Å². The van der Waals surface area contributed by atoms with Gasteiger partial charge in [-0.2, -0.15) is 5.10 Å². The molecule has 5 nitrogen and oxygen atoms in total. The van der Waals surface area contributed by atoms with Crippen molar-refractivity contribution in [2.45, 2.75) is 31.2 Å². The number of nitrogens with zero attached hydrogens (tertiary/aromatic N) is 3. The van der Waals surface area contributed by atoms with Crippen molar-refractivity contribution >= 4 is 27.9 Å². The van der Waals surface area contributed by atoms with Gasteiger partial charge in [0.05, 0.1) is 23.5 Å². The summed E-state index contributed by atoms with van der Waals surface area (Å²) < 4.78 is 1.95. The molecule has 1 aromatic carbocycles. The average molecular weight is 392 g/mol. The number of fused-ring (bicyclic) bond motifs is 3. The van der Waals surface area contributed by atoms with Crippen molar-refractivity contribution < 1.29 is 0 Å². The second-order valence-electron chi connectivity index (χ2n) is 8.43. The first-order valence-electron chi connectivity index (χ1n) is 10.1. The van der Waals surface area contributed by atoms with Gasteiger partial charge in [0, 0.05) is 34.2 Å². The van der Waals surface area contributed by atoms with Crippen LogP contribution in [0.3, 0.4) is 0 Å². The van der Waals surface area contributed by atoms with Crippen LogP contribution in [-0.2, 0) is 13.5 Å². The first kappa shape index (κ1) is 16.8. The molecule has 0 bridgehead atoms. The SMILES string of the molecule is CN1CCC(c2cc3c(s2)CC2=C3NNC2c2ccc3cnn(C)c3c2)CC1. The van der Waals surface area contributed by atoms with Gasteiger partial charge < -0.3 is 10.3 Å². The lowest BCUT2D eigenvalue weighted by atomic mass is 9.95. The number of hydrogen-bond donors (Lipinski definition) is 2.